The van der Waals surface area contributed by atoms with E-state index in [0.717, 1.165) is 29.9 Å². The molecule has 0 spiro atoms. The summed E-state index contributed by atoms with van der Waals surface area (Å²) in [6.07, 6.45) is 0. The maximum absolute atomic E-state index is 12.5. The smallest absolute Gasteiger partial charge is 0.293 e. The number of anilines is 2. The number of nitrogens with one attached hydrogen (secondary N) is 2. The Labute approximate surface area is 172 Å². The second-order valence-corrected chi connectivity index (χ2v) is 7.16. The Morgan fingerprint density at radius 2 is 1.89 bits per heavy atom. The third kappa shape index (κ3) is 4.11. The number of fused-ring (bicyclic) bond motifs is 1. The third-order valence-corrected chi connectivity index (χ3v) is 4.87. The van der Waals surface area contributed by atoms with E-state index in [-0.39, 0.29) is 10.9 Å². The Morgan fingerprint density at radius 1 is 1.11 bits per heavy atom. The summed E-state index contributed by atoms with van der Waals surface area (Å²) < 4.78 is 11.0. The number of para-hydroxylation sites is 1. The van der Waals surface area contributed by atoms with Crippen molar-refractivity contribution in [3.05, 3.63) is 59.3 Å². The first-order valence-electron chi connectivity index (χ1n) is 8.83. The van der Waals surface area contributed by atoms with Crippen molar-refractivity contribution >= 4 is 57.2 Å². The number of halogens is 1. The number of thiocarbonyl (C=S) groups is 1. The lowest BCUT2D eigenvalue weighted by atomic mass is 10.2. The van der Waals surface area contributed by atoms with Crippen LogP contribution in [-0.4, -0.2) is 37.3 Å². The fourth-order valence-electron chi connectivity index (χ4n) is 3.10. The van der Waals surface area contributed by atoms with Crippen molar-refractivity contribution in [2.24, 2.45) is 0 Å². The molecule has 1 amide bonds. The number of furan rings is 1. The maximum Gasteiger partial charge on any atom is 0.293 e. The first-order chi connectivity index (χ1) is 13.6. The summed E-state index contributed by atoms with van der Waals surface area (Å²) in [7, 11) is 0. The normalized spacial score (nSPS) is 14.1. The molecule has 1 fully saturated rings. The summed E-state index contributed by atoms with van der Waals surface area (Å²) in [5.41, 5.74) is 2.33. The molecule has 144 valence electrons. The highest BCUT2D eigenvalue weighted by Crippen LogP contribution is 2.30. The molecule has 1 aliphatic rings. The van der Waals surface area contributed by atoms with Crippen molar-refractivity contribution in [2.75, 3.05) is 36.5 Å². The van der Waals surface area contributed by atoms with Gasteiger partial charge in [-0.2, -0.15) is 0 Å². The molecule has 0 aliphatic carbocycles. The van der Waals surface area contributed by atoms with Gasteiger partial charge in [0.25, 0.3) is 5.91 Å². The Bertz CT molecular complexity index is 997. The van der Waals surface area contributed by atoms with Gasteiger partial charge in [0.1, 0.15) is 5.58 Å². The molecule has 6 nitrogen and oxygen atoms in total. The minimum absolute atomic E-state index is 0.169. The van der Waals surface area contributed by atoms with Crippen LogP contribution >= 0.6 is 23.8 Å². The second kappa shape index (κ2) is 8.18. The van der Waals surface area contributed by atoms with Crippen molar-refractivity contribution in [1.29, 1.82) is 0 Å². The van der Waals surface area contributed by atoms with Crippen LogP contribution in [0.4, 0.5) is 11.4 Å². The molecule has 1 aliphatic heterocycles. The van der Waals surface area contributed by atoms with Crippen LogP contribution < -0.4 is 15.5 Å². The lowest BCUT2D eigenvalue weighted by Crippen LogP contribution is -2.38. The van der Waals surface area contributed by atoms with Gasteiger partial charge in [-0.05, 0) is 42.5 Å². The second-order valence-electron chi connectivity index (χ2n) is 6.32. The van der Waals surface area contributed by atoms with E-state index < -0.39 is 5.91 Å². The highest BCUT2D eigenvalue weighted by molar-refractivity contribution is 7.80. The predicted molar refractivity (Wildman–Crippen MR) is 114 cm³/mol. The fraction of sp³-hybridized carbons (Fsp3) is 0.200. The average molecular weight is 416 g/mol. The number of morpholine rings is 1. The van der Waals surface area contributed by atoms with E-state index in [9.17, 15) is 4.79 Å². The van der Waals surface area contributed by atoms with Crippen molar-refractivity contribution in [3.8, 4) is 0 Å². The largest absolute Gasteiger partial charge is 0.451 e. The topological polar surface area (TPSA) is 66.7 Å². The molecule has 0 unspecified atom stereocenters. The molecular weight excluding hydrogens is 398 g/mol. The highest BCUT2D eigenvalue weighted by Gasteiger charge is 2.18. The molecule has 0 saturated carbocycles. The summed E-state index contributed by atoms with van der Waals surface area (Å²) in [6.45, 7) is 2.87. The van der Waals surface area contributed by atoms with Gasteiger partial charge >= 0.3 is 0 Å². The predicted octanol–water partition coefficient (Wildman–Crippen LogP) is 4.05. The van der Waals surface area contributed by atoms with Crippen LogP contribution in [0, 0.1) is 0 Å². The van der Waals surface area contributed by atoms with Crippen LogP contribution in [0.3, 0.4) is 0 Å². The quantitative estimate of drug-likeness (QED) is 0.629. The van der Waals surface area contributed by atoms with Crippen LogP contribution in [0.1, 0.15) is 10.6 Å². The van der Waals surface area contributed by atoms with E-state index in [1.165, 1.54) is 0 Å². The Balaban J connectivity index is 1.48. The summed E-state index contributed by atoms with van der Waals surface area (Å²) >= 11 is 11.5. The van der Waals surface area contributed by atoms with Crippen molar-refractivity contribution in [3.63, 3.8) is 0 Å². The number of carbonyl (C=O) groups excluding carboxylic acids is 1. The van der Waals surface area contributed by atoms with Crippen LogP contribution in [0.15, 0.2) is 52.9 Å². The van der Waals surface area contributed by atoms with E-state index in [2.05, 4.69) is 15.5 Å². The van der Waals surface area contributed by atoms with E-state index in [1.807, 2.05) is 36.4 Å². The van der Waals surface area contributed by atoms with E-state index in [4.69, 9.17) is 33.0 Å². The molecular formula is C20H18ClN3O3S. The van der Waals surface area contributed by atoms with Crippen molar-refractivity contribution in [2.45, 2.75) is 0 Å². The number of nitrogens with zero attached hydrogens (tertiary/aromatic N) is 1. The van der Waals surface area contributed by atoms with E-state index in [0.29, 0.717) is 23.8 Å². The Morgan fingerprint density at radius 3 is 2.68 bits per heavy atom. The van der Waals surface area contributed by atoms with Crippen molar-refractivity contribution < 1.29 is 13.9 Å². The maximum atomic E-state index is 12.5. The summed E-state index contributed by atoms with van der Waals surface area (Å²) in [5.74, 6) is -0.214. The van der Waals surface area contributed by atoms with Gasteiger partial charge in [-0.25, -0.2) is 0 Å². The van der Waals surface area contributed by atoms with Crippen LogP contribution in [0.5, 0.6) is 0 Å². The summed E-state index contributed by atoms with van der Waals surface area (Å²) in [5, 5.41) is 7.33. The lowest BCUT2D eigenvalue weighted by Gasteiger charge is -2.30. The van der Waals surface area contributed by atoms with Gasteiger partial charge in [0.2, 0.25) is 0 Å². The Kier molecular flexibility index (Phi) is 5.47. The van der Waals surface area contributed by atoms with Crippen molar-refractivity contribution in [1.82, 2.24) is 5.32 Å². The first-order valence-corrected chi connectivity index (χ1v) is 9.62. The van der Waals surface area contributed by atoms with Gasteiger partial charge in [0.05, 0.1) is 24.6 Å². The van der Waals surface area contributed by atoms with Gasteiger partial charge in [-0.3, -0.25) is 10.1 Å². The molecule has 0 bridgehead atoms. The zero-order valence-electron chi connectivity index (χ0n) is 14.9. The van der Waals surface area contributed by atoms with E-state index >= 15 is 0 Å². The number of amides is 1. The number of hydrogen-bond donors (Lipinski definition) is 2. The SMILES string of the molecule is O=C(NC(=S)Nc1cc(Cl)ccc1N1CCOCC1)c1cc2ccccc2o1. The molecule has 3 aromatic rings. The number of hydrogen-bond acceptors (Lipinski definition) is 5. The monoisotopic (exact) mass is 415 g/mol. The fourth-order valence-corrected chi connectivity index (χ4v) is 3.48. The van der Waals surface area contributed by atoms with E-state index in [1.54, 1.807) is 12.1 Å². The number of benzene rings is 2. The van der Waals surface area contributed by atoms with Gasteiger partial charge in [0, 0.05) is 23.5 Å². The minimum Gasteiger partial charge on any atom is -0.451 e. The zero-order chi connectivity index (χ0) is 19.5. The molecule has 0 atom stereocenters. The minimum atomic E-state index is -0.413. The summed E-state index contributed by atoms with van der Waals surface area (Å²) in [6, 6.07) is 14.7. The van der Waals surface area contributed by atoms with Gasteiger partial charge < -0.3 is 19.4 Å². The average Bonchev–Trinajstić information content (AvgIpc) is 3.13. The molecule has 28 heavy (non-hydrogen) atoms. The molecule has 2 aromatic carbocycles. The first kappa shape index (κ1) is 18.7. The molecule has 1 aromatic heterocycles. The van der Waals surface area contributed by atoms with Gasteiger partial charge in [-0.15, -0.1) is 0 Å². The standard InChI is InChI=1S/C20H18ClN3O3S/c21-14-5-6-16(24-7-9-26-10-8-24)15(12-14)22-20(28)23-19(25)18-11-13-3-1-2-4-17(13)27-18/h1-6,11-12H,7-10H2,(H2,22,23,25,28). The summed E-state index contributed by atoms with van der Waals surface area (Å²) in [4.78, 5) is 14.7. The van der Waals surface area contributed by atoms with Crippen LogP contribution in [0.2, 0.25) is 5.02 Å². The molecule has 2 heterocycles. The third-order valence-electron chi connectivity index (χ3n) is 4.43. The molecule has 4 rings (SSSR count). The molecule has 1 saturated heterocycles. The van der Waals surface area contributed by atoms with Crippen LogP contribution in [0.25, 0.3) is 11.0 Å². The van der Waals surface area contributed by atoms with Crippen LogP contribution in [-0.2, 0) is 4.74 Å². The number of ether oxygens (including phenoxy) is 1. The number of rotatable bonds is 3. The molecule has 8 heteroatoms. The molecule has 2 N–H and O–H groups in total. The number of carbonyl (C=O) groups is 1. The molecule has 0 radical (unpaired) electrons. The highest BCUT2D eigenvalue weighted by atomic mass is 35.5. The zero-order valence-corrected chi connectivity index (χ0v) is 16.5. The van der Waals surface area contributed by atoms with Gasteiger partial charge in [0.15, 0.2) is 10.9 Å². The Hall–Kier alpha value is -2.61. The lowest BCUT2D eigenvalue weighted by molar-refractivity contribution is 0.0953. The van der Waals surface area contributed by atoms with Gasteiger partial charge in [-0.1, -0.05) is 29.8 Å².